The summed E-state index contributed by atoms with van der Waals surface area (Å²) in [6, 6.07) is 10.0. The number of hydrogen-bond donors (Lipinski definition) is 1. The molecule has 1 aliphatic rings. The molecule has 2 rings (SSSR count). The van der Waals surface area contributed by atoms with Gasteiger partial charge in [-0.3, -0.25) is 0 Å². The molecule has 1 aliphatic heterocycles. The molecule has 0 aliphatic carbocycles. The van der Waals surface area contributed by atoms with Crippen molar-refractivity contribution in [2.45, 2.75) is 19.1 Å². The molecule has 74 valence electrons. The minimum atomic E-state index is -0.435. The number of hydrogen-bond acceptors (Lipinski definition) is 2. The van der Waals surface area contributed by atoms with Crippen molar-refractivity contribution in [3.05, 3.63) is 47.5 Å². The van der Waals surface area contributed by atoms with E-state index in [9.17, 15) is 5.11 Å². The van der Waals surface area contributed by atoms with Gasteiger partial charge in [-0.05, 0) is 24.1 Å². The van der Waals surface area contributed by atoms with Crippen LogP contribution in [0.1, 0.15) is 18.6 Å². The van der Waals surface area contributed by atoms with Crippen LogP contribution >= 0.6 is 0 Å². The Labute approximate surface area is 83.8 Å². The van der Waals surface area contributed by atoms with E-state index in [-0.39, 0.29) is 6.10 Å². The molecule has 14 heavy (non-hydrogen) atoms. The van der Waals surface area contributed by atoms with Crippen molar-refractivity contribution in [2.75, 3.05) is 6.61 Å². The molecule has 1 N–H and O–H groups in total. The van der Waals surface area contributed by atoms with Crippen molar-refractivity contribution < 1.29 is 9.84 Å². The molecule has 2 atom stereocenters. The minimum absolute atomic E-state index is 0.000370. The van der Waals surface area contributed by atoms with Crippen molar-refractivity contribution in [2.24, 2.45) is 0 Å². The Balaban J connectivity index is 2.22. The van der Waals surface area contributed by atoms with Crippen LogP contribution in [0.5, 0.6) is 0 Å². The molecule has 0 radical (unpaired) electrons. The smallest absolute Gasteiger partial charge is 0.101 e. The van der Waals surface area contributed by atoms with E-state index in [0.29, 0.717) is 6.61 Å². The van der Waals surface area contributed by atoms with Crippen LogP contribution < -0.4 is 0 Å². The number of benzene rings is 1. The highest BCUT2D eigenvalue weighted by Gasteiger charge is 2.19. The average Bonchev–Trinajstić information content (AvgIpc) is 2.23. The van der Waals surface area contributed by atoms with Crippen LogP contribution in [0.3, 0.4) is 0 Å². The number of aliphatic hydroxyl groups excluding tert-OH is 1. The zero-order chi connectivity index (χ0) is 9.97. The van der Waals surface area contributed by atoms with E-state index in [0.717, 1.165) is 11.1 Å². The molecule has 0 aromatic heterocycles. The van der Waals surface area contributed by atoms with Gasteiger partial charge in [0.25, 0.3) is 0 Å². The molecule has 2 unspecified atom stereocenters. The summed E-state index contributed by atoms with van der Waals surface area (Å²) < 4.78 is 5.52. The quantitative estimate of drug-likeness (QED) is 0.687. The first-order valence-corrected chi connectivity index (χ1v) is 4.80. The maximum Gasteiger partial charge on any atom is 0.101 e. The van der Waals surface area contributed by atoms with Gasteiger partial charge < -0.3 is 9.84 Å². The van der Waals surface area contributed by atoms with Gasteiger partial charge in [-0.2, -0.15) is 0 Å². The first-order chi connectivity index (χ1) is 6.77. The average molecular weight is 190 g/mol. The van der Waals surface area contributed by atoms with Gasteiger partial charge in [0.1, 0.15) is 6.10 Å². The largest absolute Gasteiger partial charge is 0.386 e. The highest BCUT2D eigenvalue weighted by atomic mass is 16.5. The van der Waals surface area contributed by atoms with Crippen LogP contribution in [0.4, 0.5) is 0 Å². The van der Waals surface area contributed by atoms with Crippen molar-refractivity contribution in [1.29, 1.82) is 0 Å². The maximum absolute atomic E-state index is 9.45. The highest BCUT2D eigenvalue weighted by molar-refractivity contribution is 5.25. The highest BCUT2D eigenvalue weighted by Crippen LogP contribution is 2.25. The van der Waals surface area contributed by atoms with Gasteiger partial charge in [0.15, 0.2) is 0 Å². The third-order valence-corrected chi connectivity index (χ3v) is 2.50. The predicted molar refractivity (Wildman–Crippen MR) is 54.9 cm³/mol. The molecule has 0 saturated heterocycles. The summed E-state index contributed by atoms with van der Waals surface area (Å²) in [5, 5.41) is 9.45. The summed E-state index contributed by atoms with van der Waals surface area (Å²) in [5.74, 6) is 0. The van der Waals surface area contributed by atoms with Crippen LogP contribution in [0.15, 0.2) is 42.0 Å². The standard InChI is InChI=1S/C12H14O2/c1-9-7-12(14-8-11(9)13)10-5-3-2-4-6-10/h2-7,11-13H,8H2,1H3. The third-order valence-electron chi connectivity index (χ3n) is 2.50. The zero-order valence-corrected chi connectivity index (χ0v) is 8.18. The second-order valence-corrected chi connectivity index (χ2v) is 3.59. The Morgan fingerprint density at radius 2 is 2.00 bits per heavy atom. The van der Waals surface area contributed by atoms with Gasteiger partial charge in [-0.25, -0.2) is 0 Å². The molecule has 0 spiro atoms. The molecule has 1 heterocycles. The Morgan fingerprint density at radius 3 is 2.64 bits per heavy atom. The molecule has 2 nitrogen and oxygen atoms in total. The van der Waals surface area contributed by atoms with Crippen LogP contribution in [0.2, 0.25) is 0 Å². The molecule has 1 aromatic carbocycles. The first-order valence-electron chi connectivity index (χ1n) is 4.80. The lowest BCUT2D eigenvalue weighted by atomic mass is 10.0. The lowest BCUT2D eigenvalue weighted by Gasteiger charge is -2.24. The fraction of sp³-hybridized carbons (Fsp3) is 0.333. The van der Waals surface area contributed by atoms with Gasteiger partial charge in [0, 0.05) is 0 Å². The Morgan fingerprint density at radius 1 is 1.29 bits per heavy atom. The molecule has 0 saturated carbocycles. The van der Waals surface area contributed by atoms with Crippen LogP contribution in [-0.2, 0) is 4.74 Å². The molecule has 0 fully saturated rings. The van der Waals surface area contributed by atoms with Crippen molar-refractivity contribution in [3.8, 4) is 0 Å². The van der Waals surface area contributed by atoms with Gasteiger partial charge >= 0.3 is 0 Å². The summed E-state index contributed by atoms with van der Waals surface area (Å²) in [5.41, 5.74) is 2.13. The van der Waals surface area contributed by atoms with E-state index in [1.807, 2.05) is 43.3 Å². The van der Waals surface area contributed by atoms with Gasteiger partial charge in [-0.1, -0.05) is 30.3 Å². The van der Waals surface area contributed by atoms with E-state index in [1.54, 1.807) is 0 Å². The summed E-state index contributed by atoms with van der Waals surface area (Å²) >= 11 is 0. The lowest BCUT2D eigenvalue weighted by Crippen LogP contribution is -2.23. The maximum atomic E-state index is 9.45. The molecule has 1 aromatic rings. The van der Waals surface area contributed by atoms with Gasteiger partial charge in [0.05, 0.1) is 12.7 Å². The van der Waals surface area contributed by atoms with Crippen molar-refractivity contribution >= 4 is 0 Å². The minimum Gasteiger partial charge on any atom is -0.386 e. The monoisotopic (exact) mass is 190 g/mol. The molecule has 0 bridgehead atoms. The summed E-state index contributed by atoms with van der Waals surface area (Å²) in [6.07, 6.45) is 1.54. The van der Waals surface area contributed by atoms with E-state index in [4.69, 9.17) is 4.74 Å². The Bertz CT molecular complexity index is 329. The van der Waals surface area contributed by atoms with Gasteiger partial charge in [0.2, 0.25) is 0 Å². The van der Waals surface area contributed by atoms with E-state index in [1.165, 1.54) is 0 Å². The van der Waals surface area contributed by atoms with E-state index >= 15 is 0 Å². The van der Waals surface area contributed by atoms with Crippen LogP contribution in [0.25, 0.3) is 0 Å². The zero-order valence-electron chi connectivity index (χ0n) is 8.18. The third kappa shape index (κ3) is 1.86. The second-order valence-electron chi connectivity index (χ2n) is 3.59. The summed E-state index contributed by atoms with van der Waals surface area (Å²) in [7, 11) is 0. The van der Waals surface area contributed by atoms with Crippen molar-refractivity contribution in [1.82, 2.24) is 0 Å². The normalized spacial score (nSPS) is 27.1. The summed E-state index contributed by atoms with van der Waals surface area (Å²) in [4.78, 5) is 0. The SMILES string of the molecule is CC1=CC(c2ccccc2)OCC1O. The topological polar surface area (TPSA) is 29.5 Å². The van der Waals surface area contributed by atoms with E-state index < -0.39 is 6.10 Å². The van der Waals surface area contributed by atoms with Gasteiger partial charge in [-0.15, -0.1) is 0 Å². The molecule has 2 heteroatoms. The summed E-state index contributed by atoms with van der Waals surface area (Å²) in [6.45, 7) is 2.32. The fourth-order valence-electron chi connectivity index (χ4n) is 1.56. The molecular weight excluding hydrogens is 176 g/mol. The van der Waals surface area contributed by atoms with Crippen molar-refractivity contribution in [3.63, 3.8) is 0 Å². The second kappa shape index (κ2) is 3.95. The van der Waals surface area contributed by atoms with Crippen LogP contribution in [0, 0.1) is 0 Å². The van der Waals surface area contributed by atoms with E-state index in [2.05, 4.69) is 0 Å². The fourth-order valence-corrected chi connectivity index (χ4v) is 1.56. The molecular formula is C12H14O2. The number of rotatable bonds is 1. The first kappa shape index (κ1) is 9.44. The predicted octanol–water partition coefficient (Wildman–Crippen LogP) is 2.07. The van der Waals surface area contributed by atoms with Crippen LogP contribution in [-0.4, -0.2) is 17.8 Å². The Hall–Kier alpha value is -1.12. The lowest BCUT2D eigenvalue weighted by molar-refractivity contribution is 0.00820. The number of aliphatic hydroxyl groups is 1. The molecule has 0 amide bonds. The Kier molecular flexibility index (Phi) is 2.66. The number of ether oxygens (including phenoxy) is 1.